The number of ether oxygens (including phenoxy) is 2. The fraction of sp³-hybridized carbons (Fsp3) is 0.429. The van der Waals surface area contributed by atoms with Crippen LogP contribution in [-0.4, -0.2) is 53.2 Å². The number of benzene rings is 2. The molecule has 0 saturated carbocycles. The van der Waals surface area contributed by atoms with Crippen molar-refractivity contribution in [2.75, 3.05) is 25.7 Å². The number of aliphatic hydroxyl groups is 3. The zero-order chi connectivity index (χ0) is 20.7. The van der Waals surface area contributed by atoms with Crippen molar-refractivity contribution in [1.29, 1.82) is 0 Å². The molecule has 7 heteroatoms. The Kier molecular flexibility index (Phi) is 8.82. The van der Waals surface area contributed by atoms with E-state index in [0.29, 0.717) is 11.5 Å². The third kappa shape index (κ3) is 6.22. The Labute approximate surface area is 184 Å². The van der Waals surface area contributed by atoms with E-state index in [4.69, 9.17) is 26.2 Å². The molecule has 3 N–H and O–H groups in total. The Hall–Kier alpha value is -1.06. The molecule has 2 aromatic rings. The van der Waals surface area contributed by atoms with Crippen LogP contribution in [0.25, 0.3) is 0 Å². The predicted octanol–water partition coefficient (Wildman–Crippen LogP) is 3.33. The van der Waals surface area contributed by atoms with Gasteiger partial charge in [0.15, 0.2) is 0 Å². The van der Waals surface area contributed by atoms with Crippen LogP contribution in [0.5, 0.6) is 11.5 Å². The zero-order valence-electron chi connectivity index (χ0n) is 15.9. The van der Waals surface area contributed by atoms with Crippen molar-refractivity contribution < 1.29 is 24.8 Å². The summed E-state index contributed by atoms with van der Waals surface area (Å²) in [7, 11) is 0. The molecule has 0 aliphatic carbocycles. The van der Waals surface area contributed by atoms with Gasteiger partial charge in [0.25, 0.3) is 0 Å². The number of aliphatic hydroxyl groups excluding tert-OH is 3. The van der Waals surface area contributed by atoms with Gasteiger partial charge in [-0.05, 0) is 58.0 Å². The van der Waals surface area contributed by atoms with Crippen LogP contribution >= 0.6 is 34.2 Å². The van der Waals surface area contributed by atoms with Crippen LogP contribution in [0.4, 0.5) is 0 Å². The van der Waals surface area contributed by atoms with Crippen LogP contribution in [0.2, 0.25) is 0 Å². The van der Waals surface area contributed by atoms with Crippen LogP contribution in [0.15, 0.2) is 42.5 Å². The molecule has 5 nitrogen and oxygen atoms in total. The van der Waals surface area contributed by atoms with Crippen LogP contribution in [-0.2, 0) is 5.41 Å². The average molecular weight is 521 g/mol. The first kappa shape index (κ1) is 23.2. The zero-order valence-corrected chi connectivity index (χ0v) is 18.9. The lowest BCUT2D eigenvalue weighted by Crippen LogP contribution is -2.22. The highest BCUT2D eigenvalue weighted by molar-refractivity contribution is 14.1. The van der Waals surface area contributed by atoms with Crippen molar-refractivity contribution in [3.05, 3.63) is 57.2 Å². The van der Waals surface area contributed by atoms with Gasteiger partial charge in [0.2, 0.25) is 0 Å². The smallest absolute Gasteiger partial charge is 0.132 e. The maximum absolute atomic E-state index is 9.49. The summed E-state index contributed by atoms with van der Waals surface area (Å²) >= 11 is 7.78. The molecule has 0 aliphatic rings. The summed E-state index contributed by atoms with van der Waals surface area (Å²) in [5, 5.41) is 27.8. The van der Waals surface area contributed by atoms with Crippen molar-refractivity contribution >= 4 is 34.2 Å². The minimum Gasteiger partial charge on any atom is -0.491 e. The molecule has 0 heterocycles. The lowest BCUT2D eigenvalue weighted by atomic mass is 9.78. The molecule has 2 rings (SSSR count). The van der Waals surface area contributed by atoms with E-state index in [9.17, 15) is 10.2 Å². The molecule has 0 aliphatic heterocycles. The third-order valence-corrected chi connectivity index (χ3v) is 5.69. The topological polar surface area (TPSA) is 79.2 Å². The highest BCUT2D eigenvalue weighted by Crippen LogP contribution is 2.35. The number of hydrogen-bond acceptors (Lipinski definition) is 5. The highest BCUT2D eigenvalue weighted by atomic mass is 127. The lowest BCUT2D eigenvalue weighted by Gasteiger charge is -2.27. The Balaban J connectivity index is 2.11. The fourth-order valence-corrected chi connectivity index (χ4v) is 3.38. The molecule has 0 saturated heterocycles. The van der Waals surface area contributed by atoms with E-state index in [0.717, 1.165) is 14.7 Å². The summed E-state index contributed by atoms with van der Waals surface area (Å²) in [5.74, 6) is 1.50. The van der Waals surface area contributed by atoms with E-state index in [-0.39, 0.29) is 31.1 Å². The third-order valence-electron chi connectivity index (χ3n) is 4.49. The van der Waals surface area contributed by atoms with E-state index in [2.05, 4.69) is 42.5 Å². The first-order chi connectivity index (χ1) is 13.3. The van der Waals surface area contributed by atoms with Crippen LogP contribution in [0.1, 0.15) is 25.0 Å². The summed E-state index contributed by atoms with van der Waals surface area (Å²) in [6.45, 7) is 4.17. The van der Waals surface area contributed by atoms with Crippen molar-refractivity contribution in [3.8, 4) is 11.5 Å². The molecule has 0 bridgehead atoms. The fourth-order valence-electron chi connectivity index (χ4n) is 2.62. The Morgan fingerprint density at radius 1 is 0.964 bits per heavy atom. The molecule has 0 radical (unpaired) electrons. The second kappa shape index (κ2) is 10.6. The minimum absolute atomic E-state index is 0.0507. The van der Waals surface area contributed by atoms with Gasteiger partial charge in [0.05, 0.1) is 16.1 Å². The molecule has 154 valence electrons. The minimum atomic E-state index is -0.891. The molecule has 2 aromatic carbocycles. The van der Waals surface area contributed by atoms with E-state index < -0.39 is 12.2 Å². The molecule has 0 aromatic heterocycles. The molecule has 0 unspecified atom stereocenters. The first-order valence-electron chi connectivity index (χ1n) is 8.97. The van der Waals surface area contributed by atoms with Gasteiger partial charge in [-0.15, -0.1) is 11.6 Å². The molecule has 0 fully saturated rings. The molecule has 0 amide bonds. The van der Waals surface area contributed by atoms with Crippen molar-refractivity contribution in [3.63, 3.8) is 0 Å². The van der Waals surface area contributed by atoms with E-state index in [1.54, 1.807) is 0 Å². The van der Waals surface area contributed by atoms with Gasteiger partial charge in [-0.2, -0.15) is 0 Å². The normalized spacial score (nSPS) is 13.8. The van der Waals surface area contributed by atoms with E-state index in [1.807, 2.05) is 36.4 Å². The summed E-state index contributed by atoms with van der Waals surface area (Å²) in [6, 6.07) is 13.7. The number of rotatable bonds is 10. The van der Waals surface area contributed by atoms with Gasteiger partial charge >= 0.3 is 0 Å². The predicted molar refractivity (Wildman–Crippen MR) is 119 cm³/mol. The maximum atomic E-state index is 9.49. The van der Waals surface area contributed by atoms with Crippen LogP contribution in [0.3, 0.4) is 0 Å². The second-order valence-corrected chi connectivity index (χ2v) is 8.53. The standard InChI is InChI=1S/C21H26ClIO5/c1-21(2,14-3-6-18(7-4-14)27-12-16(25)10-22)15-5-8-20(19(23)9-15)28-13-17(26)11-24/h3-9,16-17,24-26H,10-13H2,1-2H3/t16-,17-/m1/s1. The second-order valence-electron chi connectivity index (χ2n) is 7.06. The van der Waals surface area contributed by atoms with Crippen molar-refractivity contribution in [2.45, 2.75) is 31.5 Å². The quantitative estimate of drug-likeness (QED) is 0.331. The number of halogens is 2. The van der Waals surface area contributed by atoms with E-state index in [1.165, 1.54) is 0 Å². The summed E-state index contributed by atoms with van der Waals surface area (Å²) in [5.41, 5.74) is 2.01. The number of hydrogen-bond donors (Lipinski definition) is 3. The Morgan fingerprint density at radius 3 is 2.14 bits per heavy atom. The molecule has 28 heavy (non-hydrogen) atoms. The van der Waals surface area contributed by atoms with Crippen molar-refractivity contribution in [2.24, 2.45) is 0 Å². The monoisotopic (exact) mass is 520 g/mol. The van der Waals surface area contributed by atoms with Crippen molar-refractivity contribution in [1.82, 2.24) is 0 Å². The summed E-state index contributed by atoms with van der Waals surface area (Å²) in [6.07, 6.45) is -1.57. The van der Waals surface area contributed by atoms with Gasteiger partial charge in [-0.1, -0.05) is 32.0 Å². The lowest BCUT2D eigenvalue weighted by molar-refractivity contribution is 0.0533. The first-order valence-corrected chi connectivity index (χ1v) is 10.6. The van der Waals surface area contributed by atoms with Gasteiger partial charge < -0.3 is 24.8 Å². The SMILES string of the molecule is CC(C)(c1ccc(OC[C@H](O)CCl)cc1)c1ccc(OC[C@H](O)CO)c(I)c1. The number of alkyl halides is 1. The van der Waals surface area contributed by atoms with Gasteiger partial charge in [0, 0.05) is 5.41 Å². The van der Waals surface area contributed by atoms with E-state index >= 15 is 0 Å². The highest BCUT2D eigenvalue weighted by Gasteiger charge is 2.24. The molecular formula is C21H26ClIO5. The maximum Gasteiger partial charge on any atom is 0.132 e. The van der Waals surface area contributed by atoms with Crippen LogP contribution in [0, 0.1) is 3.57 Å². The van der Waals surface area contributed by atoms with Gasteiger partial charge in [-0.25, -0.2) is 0 Å². The largest absolute Gasteiger partial charge is 0.491 e. The van der Waals surface area contributed by atoms with Gasteiger partial charge in [0.1, 0.15) is 36.9 Å². The summed E-state index contributed by atoms with van der Waals surface area (Å²) < 4.78 is 12.0. The Bertz CT molecular complexity index is 751. The molecule has 2 atom stereocenters. The Morgan fingerprint density at radius 2 is 1.57 bits per heavy atom. The van der Waals surface area contributed by atoms with Gasteiger partial charge in [-0.3, -0.25) is 0 Å². The van der Waals surface area contributed by atoms with Crippen LogP contribution < -0.4 is 9.47 Å². The summed E-state index contributed by atoms with van der Waals surface area (Å²) in [4.78, 5) is 0. The average Bonchev–Trinajstić information content (AvgIpc) is 2.70. The molecule has 0 spiro atoms. The molecular weight excluding hydrogens is 495 g/mol.